The fourth-order valence-corrected chi connectivity index (χ4v) is 3.35. The van der Waals surface area contributed by atoms with Gasteiger partial charge in [0.15, 0.2) is 0 Å². The van der Waals surface area contributed by atoms with E-state index in [9.17, 15) is 0 Å². The number of nitrogens with zero attached hydrogens (tertiary/aromatic N) is 2. The average Bonchev–Trinajstić information content (AvgIpc) is 2.82. The first-order chi connectivity index (χ1) is 9.66. The average molecular weight is 276 g/mol. The fraction of sp³-hybridized carbons (Fsp3) is 0.625. The normalized spacial score (nSPS) is 20.9. The van der Waals surface area contributed by atoms with E-state index in [1.54, 1.807) is 0 Å². The largest absolute Gasteiger partial charge is 0.399 e. The van der Waals surface area contributed by atoms with Crippen LogP contribution in [0.5, 0.6) is 0 Å². The lowest BCUT2D eigenvalue weighted by atomic mass is 10.1. The summed E-state index contributed by atoms with van der Waals surface area (Å²) in [5, 5.41) is 0. The van der Waals surface area contributed by atoms with Crippen molar-refractivity contribution >= 4 is 11.4 Å². The molecule has 0 aromatic heterocycles. The highest BCUT2D eigenvalue weighted by molar-refractivity contribution is 5.64. The molecule has 2 heterocycles. The van der Waals surface area contributed by atoms with Crippen LogP contribution in [0.4, 0.5) is 11.4 Å². The zero-order valence-corrected chi connectivity index (χ0v) is 12.5. The molecule has 1 aromatic carbocycles. The third-order valence-electron chi connectivity index (χ3n) is 4.78. The van der Waals surface area contributed by atoms with Crippen molar-refractivity contribution in [3.63, 3.8) is 0 Å². The Morgan fingerprint density at radius 2 is 2.10 bits per heavy atom. The first-order valence-corrected chi connectivity index (χ1v) is 7.71. The zero-order valence-electron chi connectivity index (χ0n) is 12.5. The molecule has 0 saturated carbocycles. The van der Waals surface area contributed by atoms with Crippen LogP contribution in [0.1, 0.15) is 12.0 Å². The van der Waals surface area contributed by atoms with Crippen molar-refractivity contribution in [2.45, 2.75) is 12.8 Å². The molecular weight excluding hydrogens is 250 g/mol. The number of hydrogen-bond donors (Lipinski definition) is 1. The lowest BCUT2D eigenvalue weighted by molar-refractivity contribution is -0.916. The number of nitrogens with two attached hydrogens (primary N) is 1. The summed E-state index contributed by atoms with van der Waals surface area (Å²) in [7, 11) is 2.36. The molecule has 4 heteroatoms. The number of morpholine rings is 1. The van der Waals surface area contributed by atoms with Gasteiger partial charge in [-0.15, -0.1) is 0 Å². The molecule has 2 aliphatic heterocycles. The van der Waals surface area contributed by atoms with Crippen LogP contribution < -0.4 is 10.6 Å². The number of nitrogen functional groups attached to an aromatic ring is 1. The number of hydrogen-bond acceptors (Lipinski definition) is 3. The Bertz CT molecular complexity index is 469. The number of fused-ring (bicyclic) bond motifs is 1. The van der Waals surface area contributed by atoms with E-state index < -0.39 is 0 Å². The number of likely N-dealkylation sites (N-methyl/N-ethyl adjacent to an activating group) is 1. The van der Waals surface area contributed by atoms with E-state index in [1.165, 1.54) is 24.2 Å². The van der Waals surface area contributed by atoms with E-state index in [-0.39, 0.29) is 0 Å². The molecule has 3 rings (SSSR count). The standard InChI is InChI=1S/C16H26N3O/c1-19(9-11-20-12-10-19)8-2-6-18-7-5-14-3-4-15(17)13-16(14)18/h3-4,13H,2,5-12,17H2,1H3/q+1. The predicted octanol–water partition coefficient (Wildman–Crippen LogP) is 1.50. The highest BCUT2D eigenvalue weighted by Crippen LogP contribution is 2.29. The topological polar surface area (TPSA) is 38.5 Å². The van der Waals surface area contributed by atoms with Gasteiger partial charge in [-0.1, -0.05) is 6.07 Å². The molecule has 2 N–H and O–H groups in total. The first kappa shape index (κ1) is 13.7. The summed E-state index contributed by atoms with van der Waals surface area (Å²) in [5.74, 6) is 0. The van der Waals surface area contributed by atoms with Crippen LogP contribution in [0, 0.1) is 0 Å². The molecule has 0 radical (unpaired) electrons. The van der Waals surface area contributed by atoms with Gasteiger partial charge >= 0.3 is 0 Å². The van der Waals surface area contributed by atoms with Gasteiger partial charge in [-0.2, -0.15) is 0 Å². The highest BCUT2D eigenvalue weighted by Gasteiger charge is 2.25. The van der Waals surface area contributed by atoms with Crippen molar-refractivity contribution in [3.05, 3.63) is 23.8 Å². The second kappa shape index (κ2) is 5.62. The van der Waals surface area contributed by atoms with Gasteiger partial charge in [0.05, 0.1) is 26.8 Å². The zero-order chi connectivity index (χ0) is 14.0. The van der Waals surface area contributed by atoms with Crippen LogP contribution >= 0.6 is 0 Å². The van der Waals surface area contributed by atoms with Gasteiger partial charge in [-0.05, 0) is 24.1 Å². The number of benzene rings is 1. The van der Waals surface area contributed by atoms with E-state index in [0.717, 1.165) is 56.0 Å². The molecule has 0 atom stereocenters. The Balaban J connectivity index is 1.54. The van der Waals surface area contributed by atoms with E-state index >= 15 is 0 Å². The minimum Gasteiger partial charge on any atom is -0.399 e. The molecule has 4 nitrogen and oxygen atoms in total. The van der Waals surface area contributed by atoms with Crippen LogP contribution in [0.3, 0.4) is 0 Å². The van der Waals surface area contributed by atoms with Gasteiger partial charge in [0.2, 0.25) is 0 Å². The summed E-state index contributed by atoms with van der Waals surface area (Å²) in [6.45, 7) is 7.68. The third-order valence-corrected chi connectivity index (χ3v) is 4.78. The first-order valence-electron chi connectivity index (χ1n) is 7.71. The number of anilines is 2. The van der Waals surface area contributed by atoms with Crippen LogP contribution in [0.15, 0.2) is 18.2 Å². The van der Waals surface area contributed by atoms with Crippen molar-refractivity contribution in [1.82, 2.24) is 0 Å². The minimum atomic E-state index is 0.878. The van der Waals surface area contributed by atoms with Crippen LogP contribution in [-0.2, 0) is 11.2 Å². The smallest absolute Gasteiger partial charge is 0.102 e. The van der Waals surface area contributed by atoms with Crippen molar-refractivity contribution < 1.29 is 9.22 Å². The van der Waals surface area contributed by atoms with Gasteiger partial charge in [0.25, 0.3) is 0 Å². The Kier molecular flexibility index (Phi) is 3.85. The molecule has 0 aliphatic carbocycles. The van der Waals surface area contributed by atoms with E-state index in [4.69, 9.17) is 10.5 Å². The van der Waals surface area contributed by atoms with Crippen molar-refractivity contribution in [1.29, 1.82) is 0 Å². The second-order valence-electron chi connectivity index (χ2n) is 6.38. The lowest BCUT2D eigenvalue weighted by Gasteiger charge is -2.38. The Labute approximate surface area is 121 Å². The molecule has 0 spiro atoms. The quantitative estimate of drug-likeness (QED) is 0.669. The Morgan fingerprint density at radius 3 is 2.90 bits per heavy atom. The monoisotopic (exact) mass is 276 g/mol. The fourth-order valence-electron chi connectivity index (χ4n) is 3.35. The molecule has 0 unspecified atom stereocenters. The summed E-state index contributed by atoms with van der Waals surface area (Å²) in [6, 6.07) is 6.33. The molecular formula is C16H26N3O+. The van der Waals surface area contributed by atoms with Crippen LogP contribution in [-0.4, -0.2) is 57.5 Å². The maximum absolute atomic E-state index is 5.92. The summed E-state index contributed by atoms with van der Waals surface area (Å²) in [5.41, 5.74) is 9.60. The van der Waals surface area contributed by atoms with Gasteiger partial charge in [0.1, 0.15) is 13.1 Å². The number of ether oxygens (including phenoxy) is 1. The van der Waals surface area contributed by atoms with Crippen LogP contribution in [0.2, 0.25) is 0 Å². The van der Waals surface area contributed by atoms with Crippen molar-refractivity contribution in [2.75, 3.05) is 63.6 Å². The molecule has 1 aromatic rings. The van der Waals surface area contributed by atoms with Gasteiger partial charge in [-0.25, -0.2) is 0 Å². The van der Waals surface area contributed by atoms with Crippen molar-refractivity contribution in [2.24, 2.45) is 0 Å². The molecule has 20 heavy (non-hydrogen) atoms. The molecule has 0 amide bonds. The Hall–Kier alpha value is -1.26. The SMILES string of the molecule is C[N+]1(CCCN2CCc3ccc(N)cc32)CCOCC1. The van der Waals surface area contributed by atoms with Gasteiger partial charge in [-0.3, -0.25) is 0 Å². The maximum Gasteiger partial charge on any atom is 0.102 e. The lowest BCUT2D eigenvalue weighted by Crippen LogP contribution is -2.52. The van der Waals surface area contributed by atoms with Crippen molar-refractivity contribution in [3.8, 4) is 0 Å². The molecule has 1 fully saturated rings. The van der Waals surface area contributed by atoms with E-state index in [0.29, 0.717) is 0 Å². The minimum absolute atomic E-state index is 0.878. The number of rotatable bonds is 4. The van der Waals surface area contributed by atoms with Gasteiger partial charge < -0.3 is 19.9 Å². The second-order valence-corrected chi connectivity index (χ2v) is 6.38. The summed E-state index contributed by atoms with van der Waals surface area (Å²) >= 11 is 0. The summed E-state index contributed by atoms with van der Waals surface area (Å²) < 4.78 is 6.63. The molecule has 1 saturated heterocycles. The third kappa shape index (κ3) is 2.91. The molecule has 2 aliphatic rings. The summed E-state index contributed by atoms with van der Waals surface area (Å²) in [6.07, 6.45) is 2.40. The number of quaternary nitrogens is 1. The van der Waals surface area contributed by atoms with E-state index in [2.05, 4.69) is 24.1 Å². The molecule has 0 bridgehead atoms. The highest BCUT2D eigenvalue weighted by atomic mass is 16.5. The molecule has 110 valence electrons. The maximum atomic E-state index is 5.92. The summed E-state index contributed by atoms with van der Waals surface area (Å²) in [4.78, 5) is 2.50. The van der Waals surface area contributed by atoms with Gasteiger partial charge in [0, 0.05) is 30.9 Å². The van der Waals surface area contributed by atoms with Crippen LogP contribution in [0.25, 0.3) is 0 Å². The predicted molar refractivity (Wildman–Crippen MR) is 83.0 cm³/mol. The van der Waals surface area contributed by atoms with E-state index in [1.807, 2.05) is 6.07 Å². The Morgan fingerprint density at radius 1 is 1.30 bits per heavy atom.